The van der Waals surface area contributed by atoms with Crippen LogP contribution in [-0.4, -0.2) is 60.5 Å². The first-order chi connectivity index (χ1) is 10.5. The van der Waals surface area contributed by atoms with E-state index in [0.29, 0.717) is 24.6 Å². The van der Waals surface area contributed by atoms with E-state index in [4.69, 9.17) is 0 Å². The number of nitrogens with zero attached hydrogens (tertiary/aromatic N) is 4. The molecule has 0 atom stereocenters. The molecule has 122 valence electrons. The van der Waals surface area contributed by atoms with Crippen LogP contribution in [0.1, 0.15) is 25.0 Å². The zero-order valence-corrected chi connectivity index (χ0v) is 13.9. The standard InChI is InChI=1S/C16H26N4O2/c1-5-19-9-17(3)7-11-13(19)16(22)14-12(15(11)21)8-18(4)10-20(14)6-2/h21-22H,5-10H2,1-4H3. The molecule has 0 fully saturated rings. The van der Waals surface area contributed by atoms with Gasteiger partial charge in [-0.3, -0.25) is 9.80 Å². The van der Waals surface area contributed by atoms with E-state index in [1.165, 1.54) is 0 Å². The number of phenols is 2. The Morgan fingerprint density at radius 1 is 0.773 bits per heavy atom. The van der Waals surface area contributed by atoms with Gasteiger partial charge in [0, 0.05) is 37.3 Å². The smallest absolute Gasteiger partial charge is 0.163 e. The summed E-state index contributed by atoms with van der Waals surface area (Å²) >= 11 is 0. The molecule has 1 aromatic rings. The lowest BCUT2D eigenvalue weighted by atomic mass is 9.97. The number of hydrogen-bond donors (Lipinski definition) is 2. The van der Waals surface area contributed by atoms with Crippen molar-refractivity contribution in [2.45, 2.75) is 26.9 Å². The Morgan fingerprint density at radius 2 is 1.18 bits per heavy atom. The highest BCUT2D eigenvalue weighted by molar-refractivity contribution is 5.83. The minimum atomic E-state index is 0.327. The van der Waals surface area contributed by atoms with E-state index in [9.17, 15) is 10.2 Å². The van der Waals surface area contributed by atoms with Gasteiger partial charge in [0.25, 0.3) is 0 Å². The molecule has 0 saturated carbocycles. The van der Waals surface area contributed by atoms with Gasteiger partial charge in [-0.05, 0) is 27.9 Å². The second-order valence-corrected chi connectivity index (χ2v) is 6.37. The minimum absolute atomic E-state index is 0.327. The maximum absolute atomic E-state index is 10.9. The second kappa shape index (κ2) is 5.52. The maximum Gasteiger partial charge on any atom is 0.163 e. The predicted octanol–water partition coefficient (Wildman–Crippen LogP) is 1.56. The number of aromatic hydroxyl groups is 2. The molecular formula is C16H26N4O2. The molecule has 6 nitrogen and oxygen atoms in total. The van der Waals surface area contributed by atoms with Crippen LogP contribution in [0.4, 0.5) is 11.4 Å². The monoisotopic (exact) mass is 306 g/mol. The predicted molar refractivity (Wildman–Crippen MR) is 88.5 cm³/mol. The molecule has 0 saturated heterocycles. The van der Waals surface area contributed by atoms with Crippen LogP contribution in [-0.2, 0) is 13.1 Å². The van der Waals surface area contributed by atoms with E-state index in [0.717, 1.165) is 48.9 Å². The Bertz CT molecular complexity index is 543. The molecule has 2 aliphatic heterocycles. The average molecular weight is 306 g/mol. The van der Waals surface area contributed by atoms with Crippen molar-refractivity contribution in [3.8, 4) is 11.5 Å². The van der Waals surface area contributed by atoms with Crippen LogP contribution in [0.15, 0.2) is 0 Å². The van der Waals surface area contributed by atoms with E-state index in [1.54, 1.807) is 0 Å². The quantitative estimate of drug-likeness (QED) is 0.809. The van der Waals surface area contributed by atoms with Crippen LogP contribution in [0.5, 0.6) is 11.5 Å². The summed E-state index contributed by atoms with van der Waals surface area (Å²) in [6, 6.07) is 0. The van der Waals surface area contributed by atoms with Crippen molar-refractivity contribution in [3.05, 3.63) is 11.1 Å². The number of phenolic OH excluding ortho intramolecular Hbond substituents is 2. The van der Waals surface area contributed by atoms with Crippen molar-refractivity contribution in [3.63, 3.8) is 0 Å². The fourth-order valence-corrected chi connectivity index (χ4v) is 3.67. The molecule has 0 unspecified atom stereocenters. The number of anilines is 2. The Labute approximate surface area is 132 Å². The fourth-order valence-electron chi connectivity index (χ4n) is 3.67. The van der Waals surface area contributed by atoms with E-state index in [-0.39, 0.29) is 0 Å². The van der Waals surface area contributed by atoms with Gasteiger partial charge in [0.1, 0.15) is 5.75 Å². The molecule has 0 amide bonds. The van der Waals surface area contributed by atoms with Crippen molar-refractivity contribution in [2.75, 3.05) is 50.3 Å². The van der Waals surface area contributed by atoms with Gasteiger partial charge in [-0.1, -0.05) is 0 Å². The van der Waals surface area contributed by atoms with Crippen LogP contribution in [0, 0.1) is 0 Å². The lowest BCUT2D eigenvalue weighted by Crippen LogP contribution is -2.43. The van der Waals surface area contributed by atoms with E-state index < -0.39 is 0 Å². The van der Waals surface area contributed by atoms with Crippen molar-refractivity contribution in [2.24, 2.45) is 0 Å². The number of hydrogen-bond acceptors (Lipinski definition) is 6. The van der Waals surface area contributed by atoms with Gasteiger partial charge in [0.15, 0.2) is 5.75 Å². The molecule has 22 heavy (non-hydrogen) atoms. The normalized spacial score (nSPS) is 19.3. The molecule has 2 aliphatic rings. The average Bonchev–Trinajstić information content (AvgIpc) is 2.50. The zero-order valence-electron chi connectivity index (χ0n) is 13.9. The van der Waals surface area contributed by atoms with Crippen molar-refractivity contribution in [1.82, 2.24) is 9.80 Å². The van der Waals surface area contributed by atoms with E-state index >= 15 is 0 Å². The van der Waals surface area contributed by atoms with Gasteiger partial charge in [-0.2, -0.15) is 0 Å². The van der Waals surface area contributed by atoms with Gasteiger partial charge in [-0.25, -0.2) is 0 Å². The molecule has 3 rings (SSSR count). The van der Waals surface area contributed by atoms with Gasteiger partial charge >= 0.3 is 0 Å². The molecule has 0 aromatic heterocycles. The summed E-state index contributed by atoms with van der Waals surface area (Å²) < 4.78 is 0. The lowest BCUT2D eigenvalue weighted by Gasteiger charge is -2.42. The molecule has 0 aliphatic carbocycles. The Hall–Kier alpha value is -1.66. The molecule has 2 N–H and O–H groups in total. The highest BCUT2D eigenvalue weighted by Gasteiger charge is 2.34. The summed E-state index contributed by atoms with van der Waals surface area (Å²) in [5.74, 6) is 0.672. The first-order valence-corrected chi connectivity index (χ1v) is 7.94. The van der Waals surface area contributed by atoms with Crippen LogP contribution in [0.2, 0.25) is 0 Å². The molecular weight excluding hydrogens is 280 g/mol. The molecule has 0 radical (unpaired) electrons. The van der Waals surface area contributed by atoms with E-state index in [1.807, 2.05) is 14.1 Å². The van der Waals surface area contributed by atoms with E-state index in [2.05, 4.69) is 33.4 Å². The van der Waals surface area contributed by atoms with Gasteiger partial charge < -0.3 is 20.0 Å². The number of rotatable bonds is 2. The third-order valence-corrected chi connectivity index (χ3v) is 4.67. The Kier molecular flexibility index (Phi) is 3.82. The fraction of sp³-hybridized carbons (Fsp3) is 0.625. The molecule has 0 bridgehead atoms. The Morgan fingerprint density at radius 3 is 1.55 bits per heavy atom. The SMILES string of the molecule is CCN1CN(C)Cc2c(O)c3c(c(O)c21)N(CC)CN(C)C3. The van der Waals surface area contributed by atoms with Crippen molar-refractivity contribution in [1.29, 1.82) is 0 Å². The van der Waals surface area contributed by atoms with Gasteiger partial charge in [0.2, 0.25) is 0 Å². The summed E-state index contributed by atoms with van der Waals surface area (Å²) in [7, 11) is 4.07. The lowest BCUT2D eigenvalue weighted by molar-refractivity contribution is 0.284. The van der Waals surface area contributed by atoms with Crippen LogP contribution >= 0.6 is 0 Å². The first kappa shape index (κ1) is 15.2. The third-order valence-electron chi connectivity index (χ3n) is 4.67. The maximum atomic E-state index is 10.9. The third kappa shape index (κ3) is 2.18. The van der Waals surface area contributed by atoms with Gasteiger partial charge in [0.05, 0.1) is 24.7 Å². The number of benzene rings is 1. The summed E-state index contributed by atoms with van der Waals surface area (Å²) in [5, 5.41) is 21.8. The van der Waals surface area contributed by atoms with Crippen molar-refractivity contribution >= 4 is 11.4 Å². The van der Waals surface area contributed by atoms with Crippen LogP contribution in [0.25, 0.3) is 0 Å². The summed E-state index contributed by atoms with van der Waals surface area (Å²) in [5.41, 5.74) is 3.30. The first-order valence-electron chi connectivity index (χ1n) is 7.94. The topological polar surface area (TPSA) is 53.4 Å². The largest absolute Gasteiger partial charge is 0.507 e. The highest BCUT2D eigenvalue weighted by Crippen LogP contribution is 2.51. The van der Waals surface area contributed by atoms with Crippen LogP contribution in [0.3, 0.4) is 0 Å². The number of fused-ring (bicyclic) bond motifs is 2. The second-order valence-electron chi connectivity index (χ2n) is 6.37. The summed E-state index contributed by atoms with van der Waals surface area (Å²) in [6.45, 7) is 8.60. The molecule has 2 heterocycles. The Balaban J connectivity index is 2.24. The highest BCUT2D eigenvalue weighted by atomic mass is 16.3. The molecule has 6 heteroatoms. The summed E-state index contributed by atoms with van der Waals surface area (Å²) in [4.78, 5) is 8.56. The molecule has 1 aromatic carbocycles. The summed E-state index contributed by atoms with van der Waals surface area (Å²) in [6.07, 6.45) is 0. The van der Waals surface area contributed by atoms with Gasteiger partial charge in [-0.15, -0.1) is 0 Å². The molecule has 0 spiro atoms. The van der Waals surface area contributed by atoms with Crippen molar-refractivity contribution < 1.29 is 10.2 Å². The zero-order chi connectivity index (χ0) is 16.0. The van der Waals surface area contributed by atoms with Crippen LogP contribution < -0.4 is 9.80 Å². The minimum Gasteiger partial charge on any atom is -0.507 e.